The Morgan fingerprint density at radius 2 is 1.85 bits per heavy atom. The van der Waals surface area contributed by atoms with Gasteiger partial charge in [0.25, 0.3) is 0 Å². The SMILES string of the molecule is CN=C(NCCN1C(=O)CCCC1=O)NCC(C)Oc1ccc(Cl)cc1.I. The highest BCUT2D eigenvalue weighted by molar-refractivity contribution is 14.0. The molecule has 0 saturated carbocycles. The van der Waals surface area contributed by atoms with Gasteiger partial charge in [0.15, 0.2) is 5.96 Å². The number of amides is 2. The van der Waals surface area contributed by atoms with Gasteiger partial charge >= 0.3 is 0 Å². The van der Waals surface area contributed by atoms with Gasteiger partial charge in [-0.15, -0.1) is 24.0 Å². The van der Waals surface area contributed by atoms with Gasteiger partial charge in [-0.2, -0.15) is 0 Å². The van der Waals surface area contributed by atoms with Crippen molar-refractivity contribution in [2.75, 3.05) is 26.7 Å². The van der Waals surface area contributed by atoms with Gasteiger partial charge in [-0.3, -0.25) is 19.5 Å². The number of nitrogens with one attached hydrogen (secondary N) is 2. The summed E-state index contributed by atoms with van der Waals surface area (Å²) < 4.78 is 5.79. The normalized spacial score (nSPS) is 15.8. The van der Waals surface area contributed by atoms with Crippen molar-refractivity contribution >= 4 is 53.4 Å². The third kappa shape index (κ3) is 7.92. The van der Waals surface area contributed by atoms with Crippen molar-refractivity contribution in [2.24, 2.45) is 4.99 Å². The molecule has 0 spiro atoms. The number of hydrogen-bond acceptors (Lipinski definition) is 4. The summed E-state index contributed by atoms with van der Waals surface area (Å²) in [6.07, 6.45) is 1.45. The number of carbonyl (C=O) groups is 2. The molecule has 1 saturated heterocycles. The number of nitrogens with zero attached hydrogens (tertiary/aromatic N) is 2. The van der Waals surface area contributed by atoms with Crippen LogP contribution in [0.15, 0.2) is 29.3 Å². The fourth-order valence-electron chi connectivity index (χ4n) is 2.58. The average molecular weight is 509 g/mol. The quantitative estimate of drug-likeness (QED) is 0.256. The maximum Gasteiger partial charge on any atom is 0.229 e. The molecule has 1 aromatic carbocycles. The van der Waals surface area contributed by atoms with Crippen LogP contribution in [-0.4, -0.2) is 55.5 Å². The van der Waals surface area contributed by atoms with Crippen molar-refractivity contribution in [2.45, 2.75) is 32.3 Å². The molecule has 1 atom stereocenters. The molecule has 0 aliphatic carbocycles. The molecule has 1 aromatic rings. The minimum atomic E-state index is -0.101. The van der Waals surface area contributed by atoms with E-state index < -0.39 is 0 Å². The summed E-state index contributed by atoms with van der Waals surface area (Å²) in [6, 6.07) is 7.19. The minimum Gasteiger partial charge on any atom is -0.489 e. The molecule has 1 fully saturated rings. The molecule has 1 unspecified atom stereocenters. The van der Waals surface area contributed by atoms with Crippen LogP contribution in [-0.2, 0) is 9.59 Å². The molecule has 2 amide bonds. The molecule has 0 radical (unpaired) electrons. The molecule has 27 heavy (non-hydrogen) atoms. The number of halogens is 2. The molecule has 1 aliphatic rings. The van der Waals surface area contributed by atoms with Crippen molar-refractivity contribution in [3.8, 4) is 5.75 Å². The lowest BCUT2D eigenvalue weighted by molar-refractivity contribution is -0.147. The maximum absolute atomic E-state index is 11.8. The Hall–Kier alpha value is -1.55. The van der Waals surface area contributed by atoms with Gasteiger partial charge in [-0.1, -0.05) is 11.6 Å². The molecule has 1 aliphatic heterocycles. The highest BCUT2D eigenvalue weighted by Gasteiger charge is 2.25. The number of guanidine groups is 1. The van der Waals surface area contributed by atoms with Crippen LogP contribution in [0.5, 0.6) is 5.75 Å². The van der Waals surface area contributed by atoms with Crippen molar-refractivity contribution in [1.82, 2.24) is 15.5 Å². The zero-order valence-electron chi connectivity index (χ0n) is 15.5. The van der Waals surface area contributed by atoms with Crippen LogP contribution in [0.1, 0.15) is 26.2 Å². The van der Waals surface area contributed by atoms with Gasteiger partial charge in [0.2, 0.25) is 11.8 Å². The van der Waals surface area contributed by atoms with E-state index in [-0.39, 0.29) is 41.9 Å². The molecule has 2 rings (SSSR count). The number of likely N-dealkylation sites (tertiary alicyclic amines) is 1. The summed E-state index contributed by atoms with van der Waals surface area (Å²) >= 11 is 5.85. The van der Waals surface area contributed by atoms with E-state index in [0.29, 0.717) is 49.9 Å². The first-order valence-corrected chi connectivity index (χ1v) is 9.07. The fourth-order valence-corrected chi connectivity index (χ4v) is 2.71. The van der Waals surface area contributed by atoms with Crippen molar-refractivity contribution in [1.29, 1.82) is 0 Å². The number of hydrogen-bond donors (Lipinski definition) is 2. The van der Waals surface area contributed by atoms with Gasteiger partial charge < -0.3 is 15.4 Å². The van der Waals surface area contributed by atoms with E-state index in [9.17, 15) is 9.59 Å². The standard InChI is InChI=1S/C18H25ClN4O3.HI/c1-13(26-15-8-6-14(19)7-9-15)12-22-18(20-2)21-10-11-23-16(24)4-3-5-17(23)25;/h6-9,13H,3-5,10-12H2,1-2H3,(H2,20,21,22);1H. The number of ether oxygens (including phenoxy) is 1. The number of imide groups is 1. The largest absolute Gasteiger partial charge is 0.489 e. The Bertz CT molecular complexity index is 639. The van der Waals surface area contributed by atoms with Crippen molar-refractivity contribution in [3.63, 3.8) is 0 Å². The van der Waals surface area contributed by atoms with Crippen LogP contribution in [0, 0.1) is 0 Å². The van der Waals surface area contributed by atoms with Gasteiger partial charge in [-0.25, -0.2) is 0 Å². The number of carbonyl (C=O) groups excluding carboxylic acids is 2. The molecule has 7 nitrogen and oxygen atoms in total. The van der Waals surface area contributed by atoms with Crippen LogP contribution in [0.4, 0.5) is 0 Å². The summed E-state index contributed by atoms with van der Waals surface area (Å²) in [7, 11) is 1.66. The lowest BCUT2D eigenvalue weighted by Crippen LogP contribution is -2.47. The molecular formula is C18H26ClIN4O3. The first-order valence-electron chi connectivity index (χ1n) is 8.69. The predicted molar refractivity (Wildman–Crippen MR) is 117 cm³/mol. The van der Waals surface area contributed by atoms with E-state index in [1.807, 2.05) is 19.1 Å². The highest BCUT2D eigenvalue weighted by atomic mass is 127. The summed E-state index contributed by atoms with van der Waals surface area (Å²) in [4.78, 5) is 29.0. The van der Waals surface area contributed by atoms with Gasteiger partial charge in [-0.05, 0) is 37.6 Å². The van der Waals surface area contributed by atoms with Crippen molar-refractivity contribution in [3.05, 3.63) is 29.3 Å². The lowest BCUT2D eigenvalue weighted by Gasteiger charge is -2.25. The van der Waals surface area contributed by atoms with Crippen LogP contribution < -0.4 is 15.4 Å². The number of aliphatic imine (C=N–C) groups is 1. The first-order chi connectivity index (χ1) is 12.5. The lowest BCUT2D eigenvalue weighted by atomic mass is 10.1. The third-order valence-corrected chi connectivity index (χ3v) is 4.19. The fraction of sp³-hybridized carbons (Fsp3) is 0.500. The van der Waals surface area contributed by atoms with Crippen LogP contribution in [0.3, 0.4) is 0 Å². The molecule has 150 valence electrons. The molecular weight excluding hydrogens is 483 g/mol. The van der Waals surface area contributed by atoms with E-state index in [0.717, 1.165) is 5.75 Å². The van der Waals surface area contributed by atoms with E-state index in [4.69, 9.17) is 16.3 Å². The Kier molecular flexibility index (Phi) is 10.5. The number of piperidine rings is 1. The van der Waals surface area contributed by atoms with Gasteiger partial charge in [0.1, 0.15) is 11.9 Å². The van der Waals surface area contributed by atoms with Crippen LogP contribution in [0.25, 0.3) is 0 Å². The Balaban J connectivity index is 0.00000364. The topological polar surface area (TPSA) is 83.0 Å². The highest BCUT2D eigenvalue weighted by Crippen LogP contribution is 2.16. The van der Waals surface area contributed by atoms with E-state index in [1.54, 1.807) is 19.2 Å². The smallest absolute Gasteiger partial charge is 0.229 e. The van der Waals surface area contributed by atoms with Gasteiger partial charge in [0.05, 0.1) is 6.54 Å². The third-order valence-electron chi connectivity index (χ3n) is 3.94. The average Bonchev–Trinajstić information content (AvgIpc) is 2.62. The van der Waals surface area contributed by atoms with Crippen molar-refractivity contribution < 1.29 is 14.3 Å². The van der Waals surface area contributed by atoms with Crippen LogP contribution in [0.2, 0.25) is 5.02 Å². The molecule has 0 bridgehead atoms. The predicted octanol–water partition coefficient (Wildman–Crippen LogP) is 2.43. The monoisotopic (exact) mass is 508 g/mol. The number of rotatable bonds is 7. The van der Waals surface area contributed by atoms with Gasteiger partial charge in [0, 0.05) is 38.0 Å². The zero-order chi connectivity index (χ0) is 18.9. The second kappa shape index (κ2) is 12.0. The summed E-state index contributed by atoms with van der Waals surface area (Å²) in [6.45, 7) is 3.28. The van der Waals surface area contributed by atoms with E-state index in [1.165, 1.54) is 4.90 Å². The maximum atomic E-state index is 11.8. The summed E-state index contributed by atoms with van der Waals surface area (Å²) in [5.74, 6) is 1.13. The zero-order valence-corrected chi connectivity index (χ0v) is 18.6. The molecule has 0 aromatic heterocycles. The number of benzene rings is 1. The van der Waals surface area contributed by atoms with E-state index in [2.05, 4.69) is 15.6 Å². The summed E-state index contributed by atoms with van der Waals surface area (Å²) in [5.41, 5.74) is 0. The second-order valence-electron chi connectivity index (χ2n) is 6.05. The Labute approximate surface area is 181 Å². The minimum absolute atomic E-state index is 0. The molecule has 1 heterocycles. The second-order valence-corrected chi connectivity index (χ2v) is 6.49. The Morgan fingerprint density at radius 1 is 1.22 bits per heavy atom. The molecule has 9 heteroatoms. The molecule has 2 N–H and O–H groups in total. The van der Waals surface area contributed by atoms with E-state index >= 15 is 0 Å². The summed E-state index contributed by atoms with van der Waals surface area (Å²) in [5, 5.41) is 6.93. The van der Waals surface area contributed by atoms with Crippen LogP contribution >= 0.6 is 35.6 Å². The Morgan fingerprint density at radius 3 is 2.44 bits per heavy atom. The first kappa shape index (κ1) is 23.5.